The highest BCUT2D eigenvalue weighted by Gasteiger charge is 2.28. The second kappa shape index (κ2) is 5.33. The molecule has 5 nitrogen and oxygen atoms in total. The number of hydrogen-bond donors (Lipinski definition) is 1. The number of carbonyl (C=O) groups is 1. The van der Waals surface area contributed by atoms with Gasteiger partial charge in [-0.1, -0.05) is 18.2 Å². The number of nitrogens with zero attached hydrogens (tertiary/aromatic N) is 2. The van der Waals surface area contributed by atoms with Crippen LogP contribution in [0, 0.1) is 13.8 Å². The van der Waals surface area contributed by atoms with Gasteiger partial charge < -0.3 is 14.6 Å². The summed E-state index contributed by atoms with van der Waals surface area (Å²) in [5.41, 5.74) is 3.01. The van der Waals surface area contributed by atoms with Crippen LogP contribution in [0.3, 0.4) is 0 Å². The Morgan fingerprint density at radius 2 is 2.14 bits per heavy atom. The lowest BCUT2D eigenvalue weighted by atomic mass is 9.96. The first-order chi connectivity index (χ1) is 10.1. The fourth-order valence-corrected chi connectivity index (χ4v) is 2.65. The predicted octanol–water partition coefficient (Wildman–Crippen LogP) is 2.49. The second-order valence-electron chi connectivity index (χ2n) is 5.40. The van der Waals surface area contributed by atoms with Crippen molar-refractivity contribution in [1.82, 2.24) is 10.3 Å². The summed E-state index contributed by atoms with van der Waals surface area (Å²) in [6.45, 7) is 4.35. The molecule has 3 rings (SSSR count). The number of carbonyl (C=O) groups excluding carboxylic acids is 1. The van der Waals surface area contributed by atoms with Crippen LogP contribution in [0.5, 0.6) is 0 Å². The third kappa shape index (κ3) is 2.56. The molecule has 110 valence electrons. The lowest BCUT2D eigenvalue weighted by molar-refractivity contribution is -0.119. The molecule has 1 aromatic carbocycles. The molecule has 1 aliphatic heterocycles. The standard InChI is InChI=1S/C16H19N3O2/c1-10-11(2)21-15(18-10)9-17-13-8-16(20)19(3)14-7-5-4-6-12(13)14/h4-7,13,17H,8-9H2,1-3H3. The molecular weight excluding hydrogens is 266 g/mol. The van der Waals surface area contributed by atoms with E-state index in [0.717, 1.165) is 22.7 Å². The predicted molar refractivity (Wildman–Crippen MR) is 80.0 cm³/mol. The van der Waals surface area contributed by atoms with Crippen molar-refractivity contribution >= 4 is 11.6 Å². The number of amides is 1. The minimum Gasteiger partial charge on any atom is -0.444 e. The second-order valence-corrected chi connectivity index (χ2v) is 5.40. The maximum Gasteiger partial charge on any atom is 0.228 e. The molecular formula is C16H19N3O2. The van der Waals surface area contributed by atoms with E-state index in [2.05, 4.69) is 16.4 Å². The molecule has 1 N–H and O–H groups in total. The maximum absolute atomic E-state index is 12.1. The number of para-hydroxylation sites is 1. The fraction of sp³-hybridized carbons (Fsp3) is 0.375. The minimum absolute atomic E-state index is 0.00240. The Morgan fingerprint density at radius 3 is 2.86 bits per heavy atom. The number of aromatic nitrogens is 1. The molecule has 2 aromatic rings. The van der Waals surface area contributed by atoms with E-state index < -0.39 is 0 Å². The summed E-state index contributed by atoms with van der Waals surface area (Å²) < 4.78 is 5.57. The zero-order valence-corrected chi connectivity index (χ0v) is 12.5. The number of oxazole rings is 1. The van der Waals surface area contributed by atoms with E-state index in [0.29, 0.717) is 18.9 Å². The first-order valence-electron chi connectivity index (χ1n) is 7.08. The number of anilines is 1. The normalized spacial score (nSPS) is 18.0. The lowest BCUT2D eigenvalue weighted by Crippen LogP contribution is -2.37. The van der Waals surface area contributed by atoms with Gasteiger partial charge in [-0.15, -0.1) is 0 Å². The number of aryl methyl sites for hydroxylation is 2. The Labute approximate surface area is 124 Å². The van der Waals surface area contributed by atoms with Gasteiger partial charge in [0.1, 0.15) is 5.76 Å². The zero-order chi connectivity index (χ0) is 15.0. The molecule has 0 aliphatic carbocycles. The Hall–Kier alpha value is -2.14. The minimum atomic E-state index is -0.00240. The van der Waals surface area contributed by atoms with E-state index >= 15 is 0 Å². The van der Waals surface area contributed by atoms with Gasteiger partial charge in [0.2, 0.25) is 11.8 Å². The average molecular weight is 285 g/mol. The molecule has 1 unspecified atom stereocenters. The van der Waals surface area contributed by atoms with Gasteiger partial charge in [0.15, 0.2) is 0 Å². The summed E-state index contributed by atoms with van der Waals surface area (Å²) >= 11 is 0. The number of benzene rings is 1. The van der Waals surface area contributed by atoms with E-state index in [-0.39, 0.29) is 11.9 Å². The third-order valence-electron chi connectivity index (χ3n) is 4.00. The highest BCUT2D eigenvalue weighted by atomic mass is 16.4. The topological polar surface area (TPSA) is 58.4 Å². The van der Waals surface area contributed by atoms with E-state index in [4.69, 9.17) is 4.42 Å². The van der Waals surface area contributed by atoms with E-state index in [9.17, 15) is 4.79 Å². The van der Waals surface area contributed by atoms with Gasteiger partial charge in [-0.3, -0.25) is 4.79 Å². The van der Waals surface area contributed by atoms with Crippen LogP contribution in [0.15, 0.2) is 28.7 Å². The summed E-state index contributed by atoms with van der Waals surface area (Å²) in [6, 6.07) is 7.97. The number of hydrogen-bond acceptors (Lipinski definition) is 4. The molecule has 0 radical (unpaired) electrons. The first-order valence-corrected chi connectivity index (χ1v) is 7.08. The van der Waals surface area contributed by atoms with Crippen LogP contribution in [0.4, 0.5) is 5.69 Å². The summed E-state index contributed by atoms with van der Waals surface area (Å²) in [5.74, 6) is 1.62. The number of rotatable bonds is 3. The molecule has 2 heterocycles. The molecule has 1 atom stereocenters. The van der Waals surface area contributed by atoms with E-state index in [1.54, 1.807) is 4.90 Å². The largest absolute Gasteiger partial charge is 0.444 e. The fourth-order valence-electron chi connectivity index (χ4n) is 2.65. The molecule has 1 aliphatic rings. The molecule has 0 saturated carbocycles. The number of nitrogens with one attached hydrogen (secondary N) is 1. The Morgan fingerprint density at radius 1 is 1.38 bits per heavy atom. The summed E-state index contributed by atoms with van der Waals surface area (Å²) in [5, 5.41) is 3.38. The smallest absolute Gasteiger partial charge is 0.228 e. The van der Waals surface area contributed by atoms with E-state index in [1.165, 1.54) is 0 Å². The van der Waals surface area contributed by atoms with Gasteiger partial charge in [-0.05, 0) is 25.5 Å². The van der Waals surface area contributed by atoms with Crippen molar-refractivity contribution in [2.75, 3.05) is 11.9 Å². The molecule has 0 bridgehead atoms. The molecule has 1 amide bonds. The molecule has 1 aromatic heterocycles. The van der Waals surface area contributed by atoms with Gasteiger partial charge >= 0.3 is 0 Å². The molecule has 21 heavy (non-hydrogen) atoms. The zero-order valence-electron chi connectivity index (χ0n) is 12.5. The molecule has 5 heteroatoms. The van der Waals surface area contributed by atoms with Gasteiger partial charge in [-0.2, -0.15) is 0 Å². The maximum atomic E-state index is 12.1. The van der Waals surface area contributed by atoms with Gasteiger partial charge in [0.25, 0.3) is 0 Å². The Balaban J connectivity index is 1.79. The highest BCUT2D eigenvalue weighted by Crippen LogP contribution is 2.33. The van der Waals surface area contributed by atoms with Crippen LogP contribution < -0.4 is 10.2 Å². The van der Waals surface area contributed by atoms with Gasteiger partial charge in [0.05, 0.1) is 12.2 Å². The Bertz CT molecular complexity index is 658. The van der Waals surface area contributed by atoms with Crippen LogP contribution in [-0.2, 0) is 11.3 Å². The molecule has 0 spiro atoms. The van der Waals surface area contributed by atoms with Gasteiger partial charge in [0, 0.05) is 25.2 Å². The third-order valence-corrected chi connectivity index (χ3v) is 4.00. The number of fused-ring (bicyclic) bond motifs is 1. The van der Waals surface area contributed by atoms with Crippen molar-refractivity contribution in [3.05, 3.63) is 47.2 Å². The Kier molecular flexibility index (Phi) is 3.51. The van der Waals surface area contributed by atoms with Crippen molar-refractivity contribution < 1.29 is 9.21 Å². The molecule has 0 saturated heterocycles. The van der Waals surface area contributed by atoms with Crippen LogP contribution in [0.1, 0.15) is 35.4 Å². The summed E-state index contributed by atoms with van der Waals surface area (Å²) in [6.07, 6.45) is 0.451. The summed E-state index contributed by atoms with van der Waals surface area (Å²) in [4.78, 5) is 18.2. The van der Waals surface area contributed by atoms with Crippen molar-refractivity contribution in [3.8, 4) is 0 Å². The summed E-state index contributed by atoms with van der Waals surface area (Å²) in [7, 11) is 1.82. The lowest BCUT2D eigenvalue weighted by Gasteiger charge is -2.31. The van der Waals surface area contributed by atoms with E-state index in [1.807, 2.05) is 39.1 Å². The van der Waals surface area contributed by atoms with Crippen LogP contribution in [0.2, 0.25) is 0 Å². The van der Waals surface area contributed by atoms with Crippen LogP contribution in [0.25, 0.3) is 0 Å². The highest BCUT2D eigenvalue weighted by molar-refractivity contribution is 5.96. The average Bonchev–Trinajstić information content (AvgIpc) is 2.80. The van der Waals surface area contributed by atoms with Crippen molar-refractivity contribution in [2.45, 2.75) is 32.9 Å². The SMILES string of the molecule is Cc1nc(CNC2CC(=O)N(C)c3ccccc32)oc1C. The van der Waals surface area contributed by atoms with Crippen molar-refractivity contribution in [1.29, 1.82) is 0 Å². The molecule has 0 fully saturated rings. The quantitative estimate of drug-likeness (QED) is 0.941. The van der Waals surface area contributed by atoms with Crippen molar-refractivity contribution in [3.63, 3.8) is 0 Å². The van der Waals surface area contributed by atoms with Crippen molar-refractivity contribution in [2.24, 2.45) is 0 Å². The monoisotopic (exact) mass is 285 g/mol. The van der Waals surface area contributed by atoms with Gasteiger partial charge in [-0.25, -0.2) is 4.98 Å². The first kappa shape index (κ1) is 13.8. The van der Waals surface area contributed by atoms with Crippen LogP contribution in [-0.4, -0.2) is 17.9 Å². The van der Waals surface area contributed by atoms with Crippen LogP contribution >= 0.6 is 0 Å².